The van der Waals surface area contributed by atoms with Crippen LogP contribution in [0.15, 0.2) is 30.5 Å². The number of aryl methyl sites for hydroxylation is 1. The average molecular weight is 442 g/mol. The Kier molecular flexibility index (Phi) is 6.66. The highest BCUT2D eigenvalue weighted by Gasteiger charge is 2.26. The van der Waals surface area contributed by atoms with Crippen LogP contribution in [0.1, 0.15) is 22.4 Å². The van der Waals surface area contributed by atoms with Gasteiger partial charge in [-0.1, -0.05) is 12.1 Å². The van der Waals surface area contributed by atoms with Crippen LogP contribution in [0.25, 0.3) is 0 Å². The van der Waals surface area contributed by atoms with E-state index in [1.807, 2.05) is 6.07 Å². The van der Waals surface area contributed by atoms with Crippen molar-refractivity contribution in [1.29, 1.82) is 0 Å². The Labute approximate surface area is 172 Å². The van der Waals surface area contributed by atoms with E-state index in [1.165, 1.54) is 13.3 Å². The van der Waals surface area contributed by atoms with Crippen molar-refractivity contribution in [2.75, 3.05) is 12.4 Å². The molecule has 0 spiro atoms. The van der Waals surface area contributed by atoms with Crippen LogP contribution in [0, 0.1) is 29.1 Å². The third-order valence-electron chi connectivity index (χ3n) is 4.23. The monoisotopic (exact) mass is 442 g/mol. The number of halogens is 5. The van der Waals surface area contributed by atoms with Gasteiger partial charge in [-0.3, -0.25) is 4.79 Å². The fourth-order valence-corrected chi connectivity index (χ4v) is 3.53. The van der Waals surface area contributed by atoms with Crippen LogP contribution in [-0.4, -0.2) is 18.0 Å². The third-order valence-corrected chi connectivity index (χ3v) is 5.14. The van der Waals surface area contributed by atoms with Gasteiger partial charge in [0.1, 0.15) is 5.75 Å². The number of nitrogens with zero attached hydrogens (tertiary/aromatic N) is 1. The van der Waals surface area contributed by atoms with Crippen LogP contribution < -0.4 is 10.1 Å². The van der Waals surface area contributed by atoms with E-state index in [0.717, 1.165) is 16.9 Å². The number of carbonyl (C=O) groups excluding carboxylic acids is 1. The molecule has 0 fully saturated rings. The Bertz CT molecular complexity index is 1060. The van der Waals surface area contributed by atoms with Gasteiger partial charge in [-0.25, -0.2) is 26.9 Å². The first-order chi connectivity index (χ1) is 14.3. The molecule has 4 nitrogen and oxygen atoms in total. The van der Waals surface area contributed by atoms with Crippen LogP contribution in [0.3, 0.4) is 0 Å². The highest BCUT2D eigenvalue weighted by molar-refractivity contribution is 7.15. The molecule has 1 N–H and O–H groups in total. The van der Waals surface area contributed by atoms with Crippen molar-refractivity contribution < 1.29 is 31.5 Å². The number of hydrogen-bond acceptors (Lipinski definition) is 4. The highest BCUT2D eigenvalue weighted by atomic mass is 32.1. The lowest BCUT2D eigenvalue weighted by Crippen LogP contribution is -2.12. The SMILES string of the molecule is COc1cccc(CCC(=O)Nc2ncc(Cc3c(F)c(F)c(F)c(F)c3F)s2)c1. The Morgan fingerprint density at radius 1 is 1.07 bits per heavy atom. The summed E-state index contributed by atoms with van der Waals surface area (Å²) in [5.74, 6) is -9.64. The number of ether oxygens (including phenoxy) is 1. The summed E-state index contributed by atoms with van der Waals surface area (Å²) in [6.45, 7) is 0. The number of aromatic nitrogens is 1. The molecule has 0 aliphatic rings. The van der Waals surface area contributed by atoms with E-state index in [2.05, 4.69) is 10.3 Å². The molecule has 1 heterocycles. The number of hydrogen-bond donors (Lipinski definition) is 1. The first-order valence-electron chi connectivity index (χ1n) is 8.68. The maximum absolute atomic E-state index is 13.8. The molecular weight excluding hydrogens is 427 g/mol. The maximum atomic E-state index is 13.8. The molecule has 0 saturated heterocycles. The predicted molar refractivity (Wildman–Crippen MR) is 101 cm³/mol. The zero-order valence-corrected chi connectivity index (χ0v) is 16.4. The third kappa shape index (κ3) is 4.76. The van der Waals surface area contributed by atoms with Crippen LogP contribution in [-0.2, 0) is 17.6 Å². The summed E-state index contributed by atoms with van der Waals surface area (Å²) < 4.78 is 72.5. The number of amides is 1. The lowest BCUT2D eigenvalue weighted by molar-refractivity contribution is -0.116. The van der Waals surface area contributed by atoms with Gasteiger partial charge in [0, 0.05) is 29.5 Å². The quantitative estimate of drug-likeness (QED) is 0.318. The van der Waals surface area contributed by atoms with Crippen molar-refractivity contribution in [3.05, 3.63) is 75.6 Å². The molecule has 0 saturated carbocycles. The van der Waals surface area contributed by atoms with Crippen LogP contribution >= 0.6 is 11.3 Å². The summed E-state index contributed by atoms with van der Waals surface area (Å²) in [7, 11) is 1.54. The molecule has 0 unspecified atom stereocenters. The first-order valence-corrected chi connectivity index (χ1v) is 9.49. The zero-order valence-electron chi connectivity index (χ0n) is 15.6. The zero-order chi connectivity index (χ0) is 21.8. The summed E-state index contributed by atoms with van der Waals surface area (Å²) in [6.07, 6.45) is 1.26. The number of nitrogens with one attached hydrogen (secondary N) is 1. The second-order valence-electron chi connectivity index (χ2n) is 6.26. The van der Waals surface area contributed by atoms with Gasteiger partial charge in [0.2, 0.25) is 11.7 Å². The Morgan fingerprint density at radius 3 is 2.40 bits per heavy atom. The molecule has 158 valence electrons. The molecule has 3 aromatic rings. The maximum Gasteiger partial charge on any atom is 0.226 e. The molecule has 0 bridgehead atoms. The van der Waals surface area contributed by atoms with Gasteiger partial charge in [-0.2, -0.15) is 0 Å². The predicted octanol–water partition coefficient (Wildman–Crippen LogP) is 5.01. The number of thiazole rings is 1. The van der Waals surface area contributed by atoms with Gasteiger partial charge in [-0.15, -0.1) is 11.3 Å². The lowest BCUT2D eigenvalue weighted by Gasteiger charge is -2.06. The molecule has 1 amide bonds. The Hall–Kier alpha value is -3.01. The largest absolute Gasteiger partial charge is 0.497 e. The molecule has 10 heteroatoms. The van der Waals surface area contributed by atoms with E-state index in [0.29, 0.717) is 12.2 Å². The minimum Gasteiger partial charge on any atom is -0.497 e. The summed E-state index contributed by atoms with van der Waals surface area (Å²) in [6, 6.07) is 7.24. The molecule has 3 rings (SSSR count). The summed E-state index contributed by atoms with van der Waals surface area (Å²) in [5.41, 5.74) is -0.0541. The number of anilines is 1. The summed E-state index contributed by atoms with van der Waals surface area (Å²) >= 11 is 0.882. The standard InChI is InChI=1S/C20H15F5N2O2S/c1-29-11-4-2-3-10(7-11)5-6-14(28)27-20-26-9-12(30-20)8-13-15(21)17(23)19(25)18(24)16(13)22/h2-4,7,9H,5-6,8H2,1H3,(H,26,27,28). The highest BCUT2D eigenvalue weighted by Crippen LogP contribution is 2.28. The van der Waals surface area contributed by atoms with E-state index in [4.69, 9.17) is 4.74 Å². The van der Waals surface area contributed by atoms with E-state index in [9.17, 15) is 26.7 Å². The smallest absolute Gasteiger partial charge is 0.226 e. The normalized spacial score (nSPS) is 10.9. The van der Waals surface area contributed by atoms with Gasteiger partial charge >= 0.3 is 0 Å². The van der Waals surface area contributed by atoms with Crippen molar-refractivity contribution in [3.8, 4) is 5.75 Å². The summed E-state index contributed by atoms with van der Waals surface area (Å²) in [4.78, 5) is 16.2. The minimum absolute atomic E-state index is 0.153. The van der Waals surface area contributed by atoms with Crippen molar-refractivity contribution in [2.24, 2.45) is 0 Å². The second kappa shape index (κ2) is 9.21. The van der Waals surface area contributed by atoms with E-state index in [1.54, 1.807) is 18.2 Å². The molecular formula is C20H15F5N2O2S. The number of carbonyl (C=O) groups is 1. The Morgan fingerprint density at radius 2 is 1.73 bits per heavy atom. The van der Waals surface area contributed by atoms with Gasteiger partial charge < -0.3 is 10.1 Å². The fourth-order valence-electron chi connectivity index (χ4n) is 2.69. The average Bonchev–Trinajstić information content (AvgIpc) is 3.19. The number of methoxy groups -OCH3 is 1. The Balaban J connectivity index is 1.63. The number of rotatable bonds is 7. The first kappa shape index (κ1) is 21.7. The van der Waals surface area contributed by atoms with Crippen molar-refractivity contribution in [2.45, 2.75) is 19.3 Å². The van der Waals surface area contributed by atoms with Crippen LogP contribution in [0.5, 0.6) is 5.75 Å². The van der Waals surface area contributed by atoms with Gasteiger partial charge in [0.05, 0.1) is 7.11 Å². The molecule has 0 radical (unpaired) electrons. The fraction of sp³-hybridized carbons (Fsp3) is 0.200. The second-order valence-corrected chi connectivity index (χ2v) is 7.37. The summed E-state index contributed by atoms with van der Waals surface area (Å²) in [5, 5.41) is 2.71. The molecule has 0 aliphatic carbocycles. The van der Waals surface area contributed by atoms with E-state index in [-0.39, 0.29) is 22.3 Å². The van der Waals surface area contributed by atoms with Crippen molar-refractivity contribution in [1.82, 2.24) is 4.98 Å². The van der Waals surface area contributed by atoms with Crippen molar-refractivity contribution >= 4 is 22.4 Å². The van der Waals surface area contributed by atoms with E-state index >= 15 is 0 Å². The molecule has 0 aliphatic heterocycles. The molecule has 1 aromatic heterocycles. The van der Waals surface area contributed by atoms with Crippen molar-refractivity contribution in [3.63, 3.8) is 0 Å². The number of benzene rings is 2. The van der Waals surface area contributed by atoms with Gasteiger partial charge in [0.25, 0.3) is 0 Å². The minimum atomic E-state index is -2.21. The van der Waals surface area contributed by atoms with Crippen LogP contribution in [0.4, 0.5) is 27.1 Å². The van der Waals surface area contributed by atoms with Gasteiger partial charge in [-0.05, 0) is 24.1 Å². The van der Waals surface area contributed by atoms with Crippen LogP contribution in [0.2, 0.25) is 0 Å². The van der Waals surface area contributed by atoms with Gasteiger partial charge in [0.15, 0.2) is 28.4 Å². The molecule has 30 heavy (non-hydrogen) atoms. The molecule has 0 atom stereocenters. The topological polar surface area (TPSA) is 51.2 Å². The lowest BCUT2D eigenvalue weighted by atomic mass is 10.1. The van der Waals surface area contributed by atoms with E-state index < -0.39 is 41.1 Å². The molecule has 2 aromatic carbocycles.